The van der Waals surface area contributed by atoms with Gasteiger partial charge in [0.2, 0.25) is 0 Å². The summed E-state index contributed by atoms with van der Waals surface area (Å²) >= 11 is 0. The van der Waals surface area contributed by atoms with E-state index in [4.69, 9.17) is 9.47 Å². The first kappa shape index (κ1) is 25.9. The number of methoxy groups -OCH3 is 1. The predicted octanol–water partition coefficient (Wildman–Crippen LogP) is 6.06. The number of ether oxygens (including phenoxy) is 2. The molecule has 0 aliphatic carbocycles. The van der Waals surface area contributed by atoms with E-state index in [2.05, 4.69) is 30.5 Å². The van der Waals surface area contributed by atoms with Crippen LogP contribution in [0.15, 0.2) is 72.8 Å². The summed E-state index contributed by atoms with van der Waals surface area (Å²) in [5.74, 6) is 0.294. The molecule has 0 N–H and O–H groups in total. The maximum atomic E-state index is 12.1. The Morgan fingerprint density at radius 3 is 2.38 bits per heavy atom. The smallest absolute Gasteiger partial charge is 0.381 e. The molecule has 1 unspecified atom stereocenters. The van der Waals surface area contributed by atoms with Crippen molar-refractivity contribution in [2.45, 2.75) is 52.3 Å². The molecular formula is C30H32N2O5. The average molecular weight is 501 g/mol. The summed E-state index contributed by atoms with van der Waals surface area (Å²) in [5.41, 5.74) is 5.99. The Labute approximate surface area is 216 Å². The lowest BCUT2D eigenvalue weighted by atomic mass is 9.99. The topological polar surface area (TPSA) is 83.6 Å². The maximum absolute atomic E-state index is 12.1. The molecule has 0 fully saturated rings. The van der Waals surface area contributed by atoms with Crippen LogP contribution >= 0.6 is 0 Å². The monoisotopic (exact) mass is 500 g/mol. The van der Waals surface area contributed by atoms with Gasteiger partial charge in [0.05, 0.1) is 13.5 Å². The Bertz CT molecular complexity index is 1410. The summed E-state index contributed by atoms with van der Waals surface area (Å²) < 4.78 is 13.0. The van der Waals surface area contributed by atoms with Crippen molar-refractivity contribution in [1.82, 2.24) is 4.57 Å². The van der Waals surface area contributed by atoms with Crippen LogP contribution in [0.4, 0.5) is 0 Å². The minimum Gasteiger partial charge on any atom is -0.489 e. The number of fused-ring (bicyclic) bond motifs is 1. The number of carbonyl (C=O) groups excluding carboxylic acids is 1. The van der Waals surface area contributed by atoms with Crippen LogP contribution in [-0.2, 0) is 29.1 Å². The second-order valence-electron chi connectivity index (χ2n) is 9.50. The van der Waals surface area contributed by atoms with E-state index in [1.807, 2.05) is 67.6 Å². The van der Waals surface area contributed by atoms with Gasteiger partial charge in [-0.25, -0.2) is 4.79 Å². The van der Waals surface area contributed by atoms with E-state index >= 15 is 0 Å². The number of benzene rings is 3. The molecule has 1 atom stereocenters. The molecule has 3 aromatic carbocycles. The summed E-state index contributed by atoms with van der Waals surface area (Å²) in [4.78, 5) is 23.1. The Morgan fingerprint density at radius 2 is 1.70 bits per heavy atom. The SMILES string of the molecule is COC(=O)C(Cc1c(C)n(Cc2ccc(OCc3ccccc3)c(C(C)C)c2)c2ccccc12)[N+](=O)[O-]. The highest BCUT2D eigenvalue weighted by Gasteiger charge is 2.33. The maximum Gasteiger partial charge on any atom is 0.381 e. The number of nitrogens with zero attached hydrogens (tertiary/aromatic N) is 2. The standard InChI is InChI=1S/C30H32N2O5/c1-20(2)25-16-23(14-15-29(25)37-19-22-10-6-5-7-11-22)18-31-21(3)26(24-12-8-9-13-27(24)31)17-28(32(34)35)30(33)36-4/h5-16,20,28H,17-19H2,1-4H3. The van der Waals surface area contributed by atoms with E-state index in [0.717, 1.165) is 44.6 Å². The van der Waals surface area contributed by atoms with Crippen LogP contribution in [0.3, 0.4) is 0 Å². The third-order valence-corrected chi connectivity index (χ3v) is 6.76. The van der Waals surface area contributed by atoms with Gasteiger partial charge >= 0.3 is 12.0 Å². The minimum atomic E-state index is -1.45. The second kappa shape index (κ2) is 11.3. The number of aromatic nitrogens is 1. The number of para-hydroxylation sites is 1. The molecular weight excluding hydrogens is 468 g/mol. The molecule has 0 bridgehead atoms. The number of rotatable bonds is 10. The molecule has 0 amide bonds. The summed E-state index contributed by atoms with van der Waals surface area (Å²) in [7, 11) is 1.18. The number of nitro groups is 1. The lowest BCUT2D eigenvalue weighted by Gasteiger charge is -2.17. The van der Waals surface area contributed by atoms with Crippen LogP contribution in [0.2, 0.25) is 0 Å². The van der Waals surface area contributed by atoms with Crippen molar-refractivity contribution in [3.8, 4) is 5.75 Å². The molecule has 7 heteroatoms. The summed E-state index contributed by atoms with van der Waals surface area (Å²) in [5, 5.41) is 12.5. The van der Waals surface area contributed by atoms with Crippen LogP contribution < -0.4 is 4.74 Å². The Morgan fingerprint density at radius 1 is 1.00 bits per heavy atom. The van der Waals surface area contributed by atoms with Crippen molar-refractivity contribution in [2.24, 2.45) is 0 Å². The Hall–Kier alpha value is -4.13. The van der Waals surface area contributed by atoms with Crippen molar-refractivity contribution in [2.75, 3.05) is 7.11 Å². The fourth-order valence-electron chi connectivity index (χ4n) is 4.73. The predicted molar refractivity (Wildman–Crippen MR) is 144 cm³/mol. The summed E-state index contributed by atoms with van der Waals surface area (Å²) in [6, 6.07) is 22.7. The van der Waals surface area contributed by atoms with Gasteiger partial charge in [0.1, 0.15) is 12.4 Å². The Kier molecular flexibility index (Phi) is 7.92. The quantitative estimate of drug-likeness (QED) is 0.150. The zero-order valence-electron chi connectivity index (χ0n) is 21.6. The third kappa shape index (κ3) is 5.66. The molecule has 0 aliphatic heterocycles. The molecule has 4 aromatic rings. The van der Waals surface area contributed by atoms with Gasteiger partial charge in [0.15, 0.2) is 0 Å². The fourth-order valence-corrected chi connectivity index (χ4v) is 4.73. The largest absolute Gasteiger partial charge is 0.489 e. The summed E-state index contributed by atoms with van der Waals surface area (Å²) in [6.45, 7) is 7.33. The molecule has 4 rings (SSSR count). The van der Waals surface area contributed by atoms with Gasteiger partial charge in [-0.2, -0.15) is 0 Å². The van der Waals surface area contributed by atoms with Crippen molar-refractivity contribution in [1.29, 1.82) is 0 Å². The molecule has 0 saturated heterocycles. The highest BCUT2D eigenvalue weighted by atomic mass is 16.6. The molecule has 1 aromatic heterocycles. The van der Waals surface area contributed by atoms with Crippen LogP contribution in [0, 0.1) is 17.0 Å². The van der Waals surface area contributed by atoms with Crippen LogP contribution in [0.5, 0.6) is 5.75 Å². The van der Waals surface area contributed by atoms with E-state index < -0.39 is 16.9 Å². The van der Waals surface area contributed by atoms with Gasteiger partial charge in [-0.3, -0.25) is 10.1 Å². The molecule has 0 spiro atoms. The number of esters is 1. The first-order chi connectivity index (χ1) is 17.8. The van der Waals surface area contributed by atoms with Crippen molar-refractivity contribution < 1.29 is 19.2 Å². The van der Waals surface area contributed by atoms with Crippen LogP contribution in [-0.4, -0.2) is 28.6 Å². The van der Waals surface area contributed by atoms with Gasteiger partial charge < -0.3 is 14.0 Å². The van der Waals surface area contributed by atoms with Gasteiger partial charge in [0.25, 0.3) is 0 Å². The zero-order valence-corrected chi connectivity index (χ0v) is 21.6. The summed E-state index contributed by atoms with van der Waals surface area (Å²) in [6.07, 6.45) is -0.0253. The molecule has 0 saturated carbocycles. The molecule has 192 valence electrons. The third-order valence-electron chi connectivity index (χ3n) is 6.76. The van der Waals surface area contributed by atoms with Gasteiger partial charge in [-0.1, -0.05) is 74.5 Å². The van der Waals surface area contributed by atoms with Gasteiger partial charge in [-0.15, -0.1) is 0 Å². The van der Waals surface area contributed by atoms with Crippen molar-refractivity contribution in [3.63, 3.8) is 0 Å². The van der Waals surface area contributed by atoms with E-state index in [0.29, 0.717) is 13.2 Å². The number of hydrogen-bond donors (Lipinski definition) is 0. The fraction of sp³-hybridized carbons (Fsp3) is 0.300. The van der Waals surface area contributed by atoms with Crippen molar-refractivity contribution >= 4 is 16.9 Å². The van der Waals surface area contributed by atoms with Gasteiger partial charge in [-0.05, 0) is 47.2 Å². The van der Waals surface area contributed by atoms with E-state index in [9.17, 15) is 14.9 Å². The van der Waals surface area contributed by atoms with Crippen molar-refractivity contribution in [3.05, 3.63) is 111 Å². The van der Waals surface area contributed by atoms with Crippen LogP contribution in [0.25, 0.3) is 10.9 Å². The number of hydrogen-bond acceptors (Lipinski definition) is 5. The highest BCUT2D eigenvalue weighted by Crippen LogP contribution is 2.32. The normalized spacial score (nSPS) is 12.0. The lowest BCUT2D eigenvalue weighted by Crippen LogP contribution is -2.33. The lowest BCUT2D eigenvalue weighted by molar-refractivity contribution is -0.509. The zero-order chi connectivity index (χ0) is 26.5. The van der Waals surface area contributed by atoms with E-state index in [-0.39, 0.29) is 12.3 Å². The highest BCUT2D eigenvalue weighted by molar-refractivity contribution is 5.86. The molecule has 0 aliphatic rings. The van der Waals surface area contributed by atoms with E-state index in [1.54, 1.807) is 0 Å². The average Bonchev–Trinajstić information content (AvgIpc) is 3.16. The Balaban J connectivity index is 1.66. The minimum absolute atomic E-state index is 0.0253. The first-order valence-electron chi connectivity index (χ1n) is 12.4. The molecule has 1 heterocycles. The van der Waals surface area contributed by atoms with Gasteiger partial charge in [0, 0.05) is 28.1 Å². The molecule has 37 heavy (non-hydrogen) atoms. The van der Waals surface area contributed by atoms with E-state index in [1.165, 1.54) is 7.11 Å². The number of carbonyl (C=O) groups is 1. The van der Waals surface area contributed by atoms with Crippen LogP contribution in [0.1, 0.15) is 47.7 Å². The molecule has 7 nitrogen and oxygen atoms in total. The second-order valence-corrected chi connectivity index (χ2v) is 9.50. The first-order valence-corrected chi connectivity index (χ1v) is 12.4. The molecule has 0 radical (unpaired) electrons.